The molecule has 0 spiro atoms. The highest BCUT2D eigenvalue weighted by molar-refractivity contribution is 6.00. The fourth-order valence-electron chi connectivity index (χ4n) is 2.39. The summed E-state index contributed by atoms with van der Waals surface area (Å²) in [6.45, 7) is 1.80. The van der Waals surface area contributed by atoms with E-state index < -0.39 is 5.91 Å². The third-order valence-electron chi connectivity index (χ3n) is 3.52. The summed E-state index contributed by atoms with van der Waals surface area (Å²) in [7, 11) is 0. The number of fused-ring (bicyclic) bond motifs is 1. The Kier molecular flexibility index (Phi) is 4.11. The van der Waals surface area contributed by atoms with Crippen molar-refractivity contribution >= 4 is 11.9 Å². The molecule has 0 aliphatic carbocycles. The van der Waals surface area contributed by atoms with Crippen LogP contribution in [0.2, 0.25) is 0 Å². The summed E-state index contributed by atoms with van der Waals surface area (Å²) in [5.74, 6) is 1.34. The molecule has 9 nitrogen and oxygen atoms in total. The normalized spacial score (nSPS) is 15.6. The Morgan fingerprint density at radius 3 is 2.72 bits per heavy atom. The van der Waals surface area contributed by atoms with Gasteiger partial charge in [0.1, 0.15) is 32.7 Å². The molecule has 4 rings (SSSR count). The number of hydrogen-bond acceptors (Lipinski definition) is 8. The van der Waals surface area contributed by atoms with Gasteiger partial charge in [-0.3, -0.25) is 10.1 Å². The molecule has 2 aromatic rings. The predicted octanol–water partition coefficient (Wildman–Crippen LogP) is 1.26. The number of nitrogens with zero attached hydrogens (tertiary/aromatic N) is 2. The molecule has 3 heterocycles. The van der Waals surface area contributed by atoms with Gasteiger partial charge in [0.2, 0.25) is 11.6 Å². The maximum absolute atomic E-state index is 12.0. The lowest BCUT2D eigenvalue weighted by molar-refractivity contribution is -0.117. The van der Waals surface area contributed by atoms with E-state index in [9.17, 15) is 4.79 Å². The van der Waals surface area contributed by atoms with Gasteiger partial charge in [-0.15, -0.1) is 5.10 Å². The molecule has 1 amide bonds. The molecule has 0 fully saturated rings. The van der Waals surface area contributed by atoms with Crippen molar-refractivity contribution in [2.75, 3.05) is 31.7 Å². The summed E-state index contributed by atoms with van der Waals surface area (Å²) >= 11 is 0. The zero-order valence-corrected chi connectivity index (χ0v) is 13.2. The number of aromatic nitrogens is 2. The molecule has 0 unspecified atom stereocenters. The lowest BCUT2D eigenvalue weighted by atomic mass is 10.1. The van der Waals surface area contributed by atoms with Crippen LogP contribution in [0.3, 0.4) is 0 Å². The van der Waals surface area contributed by atoms with E-state index in [1.165, 1.54) is 6.26 Å². The molecule has 1 aromatic heterocycles. The highest BCUT2D eigenvalue weighted by Crippen LogP contribution is 2.31. The number of hydrogen-bond donors (Lipinski definition) is 1. The number of anilines is 1. The van der Waals surface area contributed by atoms with Gasteiger partial charge in [0.15, 0.2) is 11.5 Å². The highest BCUT2D eigenvalue weighted by atomic mass is 16.6. The van der Waals surface area contributed by atoms with Crippen molar-refractivity contribution in [2.45, 2.75) is 6.42 Å². The van der Waals surface area contributed by atoms with Crippen molar-refractivity contribution in [2.24, 2.45) is 0 Å². The summed E-state index contributed by atoms with van der Waals surface area (Å²) in [5, 5.41) is 10.2. The third-order valence-corrected chi connectivity index (χ3v) is 3.52. The molecular formula is C16H15N3O6. The van der Waals surface area contributed by atoms with Gasteiger partial charge in [-0.25, -0.2) is 0 Å². The van der Waals surface area contributed by atoms with Crippen LogP contribution in [0.4, 0.5) is 6.01 Å². The summed E-state index contributed by atoms with van der Waals surface area (Å²) in [6, 6.07) is 5.60. The first-order valence-corrected chi connectivity index (χ1v) is 7.75. The first-order valence-electron chi connectivity index (χ1n) is 7.75. The van der Waals surface area contributed by atoms with Gasteiger partial charge in [-0.05, 0) is 17.7 Å². The third kappa shape index (κ3) is 3.49. The van der Waals surface area contributed by atoms with E-state index in [1.54, 1.807) is 0 Å². The van der Waals surface area contributed by atoms with Crippen molar-refractivity contribution in [3.8, 4) is 11.5 Å². The van der Waals surface area contributed by atoms with Crippen molar-refractivity contribution in [1.82, 2.24) is 10.2 Å². The molecule has 0 radical (unpaired) electrons. The number of nitrogens with one attached hydrogen (secondary N) is 1. The molecule has 0 saturated carbocycles. The molecule has 9 heteroatoms. The standard InChI is InChI=1S/C16H15N3O6/c20-15(13-9-21-3-4-24-13)17-16-19-18-14(25-16)8-10-1-2-11-12(7-10)23-6-5-22-11/h1-2,7,9H,3-6,8H2,(H,17,19,20). The van der Waals surface area contributed by atoms with E-state index >= 15 is 0 Å². The summed E-state index contributed by atoms with van der Waals surface area (Å²) < 4.78 is 26.7. The van der Waals surface area contributed by atoms with Crippen LogP contribution >= 0.6 is 0 Å². The van der Waals surface area contributed by atoms with Crippen molar-refractivity contribution < 1.29 is 28.2 Å². The van der Waals surface area contributed by atoms with Crippen LogP contribution in [-0.4, -0.2) is 42.5 Å². The van der Waals surface area contributed by atoms with Gasteiger partial charge in [0.05, 0.1) is 6.42 Å². The number of carbonyl (C=O) groups excluding carboxylic acids is 1. The zero-order chi connectivity index (χ0) is 17.1. The second-order valence-corrected chi connectivity index (χ2v) is 5.31. The van der Waals surface area contributed by atoms with Crippen LogP contribution < -0.4 is 14.8 Å². The average molecular weight is 345 g/mol. The second-order valence-electron chi connectivity index (χ2n) is 5.31. The number of carbonyl (C=O) groups is 1. The average Bonchev–Trinajstić information content (AvgIpc) is 3.09. The molecular weight excluding hydrogens is 330 g/mol. The van der Waals surface area contributed by atoms with Crippen molar-refractivity contribution in [3.05, 3.63) is 41.7 Å². The first-order chi connectivity index (χ1) is 12.3. The van der Waals surface area contributed by atoms with E-state index in [1.807, 2.05) is 18.2 Å². The fourth-order valence-corrected chi connectivity index (χ4v) is 2.39. The lowest BCUT2D eigenvalue weighted by Gasteiger charge is -2.18. The largest absolute Gasteiger partial charge is 0.494 e. The number of amides is 1. The quantitative estimate of drug-likeness (QED) is 0.883. The Hall–Kier alpha value is -3.23. The maximum Gasteiger partial charge on any atom is 0.322 e. The number of benzene rings is 1. The number of rotatable bonds is 4. The molecule has 1 N–H and O–H groups in total. The Morgan fingerprint density at radius 1 is 1.04 bits per heavy atom. The Morgan fingerprint density at radius 2 is 1.88 bits per heavy atom. The lowest BCUT2D eigenvalue weighted by Crippen LogP contribution is -2.21. The van der Waals surface area contributed by atoms with E-state index in [-0.39, 0.29) is 11.8 Å². The molecule has 1 aromatic carbocycles. The van der Waals surface area contributed by atoms with Crippen LogP contribution in [0, 0.1) is 0 Å². The van der Waals surface area contributed by atoms with E-state index in [4.69, 9.17) is 23.4 Å². The summed E-state index contributed by atoms with van der Waals surface area (Å²) in [5.41, 5.74) is 0.928. The van der Waals surface area contributed by atoms with E-state index in [0.29, 0.717) is 44.5 Å². The predicted molar refractivity (Wildman–Crippen MR) is 83.2 cm³/mol. The van der Waals surface area contributed by atoms with Gasteiger partial charge in [0.25, 0.3) is 5.91 Å². The Bertz CT molecular complexity index is 816. The summed E-state index contributed by atoms with van der Waals surface area (Å²) in [4.78, 5) is 12.0. The minimum Gasteiger partial charge on any atom is -0.494 e. The van der Waals surface area contributed by atoms with Crippen LogP contribution in [0.1, 0.15) is 11.5 Å². The minimum atomic E-state index is -0.505. The van der Waals surface area contributed by atoms with Gasteiger partial charge < -0.3 is 23.4 Å². The summed E-state index contributed by atoms with van der Waals surface area (Å²) in [6.07, 6.45) is 1.66. The van der Waals surface area contributed by atoms with Gasteiger partial charge in [-0.1, -0.05) is 11.2 Å². The SMILES string of the molecule is O=C(Nc1nnc(Cc2ccc3c(c2)OCCO3)o1)C1=COCCO1. The van der Waals surface area contributed by atoms with Crippen LogP contribution in [0.5, 0.6) is 11.5 Å². The van der Waals surface area contributed by atoms with Gasteiger partial charge in [0, 0.05) is 0 Å². The fraction of sp³-hybridized carbons (Fsp3) is 0.312. The minimum absolute atomic E-state index is 0.00684. The highest BCUT2D eigenvalue weighted by Gasteiger charge is 2.18. The van der Waals surface area contributed by atoms with Crippen molar-refractivity contribution in [3.63, 3.8) is 0 Å². The van der Waals surface area contributed by atoms with Crippen LogP contribution in [0.15, 0.2) is 34.6 Å². The monoisotopic (exact) mass is 345 g/mol. The molecule has 2 aliphatic heterocycles. The van der Waals surface area contributed by atoms with Crippen LogP contribution in [0.25, 0.3) is 0 Å². The van der Waals surface area contributed by atoms with Crippen molar-refractivity contribution in [1.29, 1.82) is 0 Å². The Labute approximate surface area is 142 Å². The zero-order valence-electron chi connectivity index (χ0n) is 13.2. The number of ether oxygens (including phenoxy) is 4. The molecule has 0 bridgehead atoms. The van der Waals surface area contributed by atoms with Crippen LogP contribution in [-0.2, 0) is 20.7 Å². The first kappa shape index (κ1) is 15.3. The van der Waals surface area contributed by atoms with E-state index in [0.717, 1.165) is 11.3 Å². The molecule has 0 atom stereocenters. The molecule has 0 saturated heterocycles. The van der Waals surface area contributed by atoms with Gasteiger partial charge >= 0.3 is 6.01 Å². The maximum atomic E-state index is 12.0. The smallest absolute Gasteiger partial charge is 0.322 e. The van der Waals surface area contributed by atoms with Gasteiger partial charge in [-0.2, -0.15) is 0 Å². The molecule has 2 aliphatic rings. The second kappa shape index (κ2) is 6.71. The Balaban J connectivity index is 1.41. The topological polar surface area (TPSA) is 105 Å². The van der Waals surface area contributed by atoms with E-state index in [2.05, 4.69) is 15.5 Å². The molecule has 130 valence electrons. The molecule has 25 heavy (non-hydrogen) atoms.